The van der Waals surface area contributed by atoms with Crippen LogP contribution in [0.5, 0.6) is 0 Å². The zero-order valence-electron chi connectivity index (χ0n) is 13.4. The quantitative estimate of drug-likeness (QED) is 0.811. The van der Waals surface area contributed by atoms with Crippen LogP contribution in [-0.4, -0.2) is 66.3 Å². The van der Waals surface area contributed by atoms with E-state index in [1.807, 2.05) is 4.90 Å². The third kappa shape index (κ3) is 5.15. The number of likely N-dealkylation sites (tertiary alicyclic amines) is 2. The minimum Gasteiger partial charge on any atom is -0.396 e. The Balaban J connectivity index is 1.66. The number of piperidine rings is 2. The summed E-state index contributed by atoms with van der Waals surface area (Å²) in [6.45, 7) is 7.03. The van der Waals surface area contributed by atoms with Crippen molar-refractivity contribution in [3.8, 4) is 0 Å². The molecule has 0 aromatic rings. The lowest BCUT2D eigenvalue weighted by atomic mass is 9.95. The zero-order valence-corrected chi connectivity index (χ0v) is 13.4. The monoisotopic (exact) mass is 297 g/mol. The molecule has 0 radical (unpaired) electrons. The highest BCUT2D eigenvalue weighted by molar-refractivity contribution is 5.74. The van der Waals surface area contributed by atoms with Gasteiger partial charge in [-0.3, -0.25) is 4.90 Å². The molecular weight excluding hydrogens is 266 g/mol. The third-order valence-corrected chi connectivity index (χ3v) is 4.96. The van der Waals surface area contributed by atoms with Gasteiger partial charge in [-0.05, 0) is 51.5 Å². The van der Waals surface area contributed by atoms with Crippen molar-refractivity contribution in [1.82, 2.24) is 15.1 Å². The van der Waals surface area contributed by atoms with Crippen molar-refractivity contribution in [2.24, 2.45) is 5.92 Å². The van der Waals surface area contributed by atoms with Crippen LogP contribution in [0.4, 0.5) is 4.79 Å². The highest BCUT2D eigenvalue weighted by atomic mass is 16.3. The fraction of sp³-hybridized carbons (Fsp3) is 0.938. The van der Waals surface area contributed by atoms with Gasteiger partial charge in [0.1, 0.15) is 0 Å². The second-order valence-electron chi connectivity index (χ2n) is 6.58. The Labute approximate surface area is 128 Å². The number of hydrogen-bond donors (Lipinski definition) is 2. The molecule has 21 heavy (non-hydrogen) atoms. The molecule has 2 fully saturated rings. The Morgan fingerprint density at radius 2 is 2.10 bits per heavy atom. The summed E-state index contributed by atoms with van der Waals surface area (Å²) in [5, 5.41) is 12.1. The Morgan fingerprint density at radius 1 is 1.24 bits per heavy atom. The van der Waals surface area contributed by atoms with Gasteiger partial charge in [0, 0.05) is 38.8 Å². The fourth-order valence-electron chi connectivity index (χ4n) is 3.58. The molecule has 0 spiro atoms. The van der Waals surface area contributed by atoms with Gasteiger partial charge in [0.05, 0.1) is 0 Å². The normalized spacial score (nSPS) is 27.6. The lowest BCUT2D eigenvalue weighted by molar-refractivity contribution is 0.142. The van der Waals surface area contributed by atoms with Crippen LogP contribution in [0.2, 0.25) is 0 Å². The molecule has 2 aliphatic heterocycles. The molecular formula is C16H31N3O2. The summed E-state index contributed by atoms with van der Waals surface area (Å²) in [6.07, 6.45) is 6.91. The van der Waals surface area contributed by atoms with Crippen molar-refractivity contribution in [3.05, 3.63) is 0 Å². The molecule has 2 amide bonds. The largest absolute Gasteiger partial charge is 0.396 e. The number of carbonyl (C=O) groups is 1. The number of hydrogen-bond acceptors (Lipinski definition) is 3. The molecule has 0 saturated carbocycles. The fourth-order valence-corrected chi connectivity index (χ4v) is 3.58. The molecule has 0 aromatic heterocycles. The number of nitrogens with zero attached hydrogens (tertiary/aromatic N) is 2. The molecule has 122 valence electrons. The first-order valence-electron chi connectivity index (χ1n) is 8.58. The Hall–Kier alpha value is -0.810. The van der Waals surface area contributed by atoms with Gasteiger partial charge in [0.15, 0.2) is 0 Å². The molecule has 2 rings (SSSR count). The summed E-state index contributed by atoms with van der Waals surface area (Å²) in [7, 11) is 0. The summed E-state index contributed by atoms with van der Waals surface area (Å²) in [5.74, 6) is 0.469. The molecule has 2 N–H and O–H groups in total. The maximum atomic E-state index is 12.2. The third-order valence-electron chi connectivity index (χ3n) is 4.96. The van der Waals surface area contributed by atoms with E-state index in [0.29, 0.717) is 12.0 Å². The lowest BCUT2D eigenvalue weighted by Crippen LogP contribution is -2.48. The number of rotatable bonds is 5. The standard InChI is InChI=1S/C16H31N3O2/c1-14-5-2-3-9-18(14)11-8-17-16(21)19-10-4-6-15(13-19)7-12-20/h14-15,20H,2-13H2,1H3,(H,17,21)/t14-,15-/m1/s1. The van der Waals surface area contributed by atoms with Crippen molar-refractivity contribution in [1.29, 1.82) is 0 Å². The average molecular weight is 297 g/mol. The molecule has 0 aromatic carbocycles. The van der Waals surface area contributed by atoms with Crippen LogP contribution in [0.25, 0.3) is 0 Å². The van der Waals surface area contributed by atoms with Crippen LogP contribution >= 0.6 is 0 Å². The van der Waals surface area contributed by atoms with Gasteiger partial charge in [-0.1, -0.05) is 6.42 Å². The first-order chi connectivity index (χ1) is 10.2. The van der Waals surface area contributed by atoms with Crippen LogP contribution < -0.4 is 5.32 Å². The zero-order chi connectivity index (χ0) is 15.1. The average Bonchev–Trinajstić information content (AvgIpc) is 2.50. The Morgan fingerprint density at radius 3 is 2.86 bits per heavy atom. The molecule has 2 heterocycles. The van der Waals surface area contributed by atoms with E-state index in [-0.39, 0.29) is 12.6 Å². The molecule has 5 heteroatoms. The number of urea groups is 1. The van der Waals surface area contributed by atoms with Gasteiger partial charge in [-0.2, -0.15) is 0 Å². The number of carbonyl (C=O) groups excluding carboxylic acids is 1. The summed E-state index contributed by atoms with van der Waals surface area (Å²) >= 11 is 0. The molecule has 2 saturated heterocycles. The van der Waals surface area contributed by atoms with Gasteiger partial charge in [0.25, 0.3) is 0 Å². The van der Waals surface area contributed by atoms with Gasteiger partial charge >= 0.3 is 6.03 Å². The van der Waals surface area contributed by atoms with E-state index in [4.69, 9.17) is 5.11 Å². The van der Waals surface area contributed by atoms with E-state index >= 15 is 0 Å². The van der Waals surface area contributed by atoms with E-state index in [0.717, 1.165) is 45.4 Å². The summed E-state index contributed by atoms with van der Waals surface area (Å²) in [4.78, 5) is 16.6. The first-order valence-corrected chi connectivity index (χ1v) is 8.58. The summed E-state index contributed by atoms with van der Waals surface area (Å²) in [6, 6.07) is 0.724. The topological polar surface area (TPSA) is 55.8 Å². The SMILES string of the molecule is C[C@@H]1CCCCN1CCNC(=O)N1CCC[C@H](CCO)C1. The van der Waals surface area contributed by atoms with Crippen LogP contribution in [0.3, 0.4) is 0 Å². The minimum absolute atomic E-state index is 0.0716. The molecule has 2 atom stereocenters. The number of amides is 2. The number of aliphatic hydroxyl groups is 1. The number of nitrogens with one attached hydrogen (secondary N) is 1. The molecule has 0 bridgehead atoms. The minimum atomic E-state index is 0.0716. The van der Waals surface area contributed by atoms with Crippen molar-refractivity contribution >= 4 is 6.03 Å². The molecule has 5 nitrogen and oxygen atoms in total. The summed E-state index contributed by atoms with van der Waals surface area (Å²) in [5.41, 5.74) is 0. The van der Waals surface area contributed by atoms with Crippen molar-refractivity contribution in [3.63, 3.8) is 0 Å². The van der Waals surface area contributed by atoms with E-state index < -0.39 is 0 Å². The van der Waals surface area contributed by atoms with Gasteiger partial charge in [0.2, 0.25) is 0 Å². The van der Waals surface area contributed by atoms with Gasteiger partial charge < -0.3 is 15.3 Å². The first kappa shape index (κ1) is 16.6. The van der Waals surface area contributed by atoms with Crippen LogP contribution in [-0.2, 0) is 0 Å². The molecule has 2 aliphatic rings. The maximum absolute atomic E-state index is 12.2. The second-order valence-corrected chi connectivity index (χ2v) is 6.58. The number of aliphatic hydroxyl groups excluding tert-OH is 1. The van der Waals surface area contributed by atoms with E-state index in [9.17, 15) is 4.79 Å². The summed E-state index contributed by atoms with van der Waals surface area (Å²) < 4.78 is 0. The van der Waals surface area contributed by atoms with Crippen molar-refractivity contribution < 1.29 is 9.90 Å². The van der Waals surface area contributed by atoms with Crippen molar-refractivity contribution in [2.45, 2.75) is 51.5 Å². The van der Waals surface area contributed by atoms with E-state index in [1.54, 1.807) is 0 Å². The highest BCUT2D eigenvalue weighted by Crippen LogP contribution is 2.19. The van der Waals surface area contributed by atoms with Crippen LogP contribution in [0.1, 0.15) is 45.4 Å². The smallest absolute Gasteiger partial charge is 0.317 e. The van der Waals surface area contributed by atoms with Gasteiger partial charge in [-0.25, -0.2) is 4.79 Å². The van der Waals surface area contributed by atoms with Crippen LogP contribution in [0.15, 0.2) is 0 Å². The lowest BCUT2D eigenvalue weighted by Gasteiger charge is -2.34. The van der Waals surface area contributed by atoms with Gasteiger partial charge in [-0.15, -0.1) is 0 Å². The highest BCUT2D eigenvalue weighted by Gasteiger charge is 2.23. The maximum Gasteiger partial charge on any atom is 0.317 e. The van der Waals surface area contributed by atoms with Crippen molar-refractivity contribution in [2.75, 3.05) is 39.3 Å². The molecule has 0 unspecified atom stereocenters. The predicted molar refractivity (Wildman–Crippen MR) is 84.3 cm³/mol. The second kappa shape index (κ2) is 8.59. The molecule has 0 aliphatic carbocycles. The van der Waals surface area contributed by atoms with E-state index in [1.165, 1.54) is 25.8 Å². The Bertz CT molecular complexity index is 323. The predicted octanol–water partition coefficient (Wildman–Crippen LogP) is 1.66. The van der Waals surface area contributed by atoms with E-state index in [2.05, 4.69) is 17.1 Å². The van der Waals surface area contributed by atoms with Crippen LogP contribution in [0, 0.1) is 5.92 Å². The Kier molecular flexibility index (Phi) is 6.77.